The summed E-state index contributed by atoms with van der Waals surface area (Å²) in [7, 11) is 0. The molecule has 0 bridgehead atoms. The average molecular weight is 244 g/mol. The number of phenols is 1. The van der Waals surface area contributed by atoms with Gasteiger partial charge in [-0.25, -0.2) is 0 Å². The number of nitrogens with one attached hydrogen (secondary N) is 1. The second-order valence-electron chi connectivity index (χ2n) is 4.61. The Morgan fingerprint density at radius 1 is 1.28 bits per heavy atom. The van der Waals surface area contributed by atoms with Gasteiger partial charge in [0.15, 0.2) is 0 Å². The number of aryl methyl sites for hydroxylation is 2. The van der Waals surface area contributed by atoms with E-state index in [2.05, 4.69) is 35.3 Å². The standard InChI is InChI=1S/C15H20N2O/c1-3-7-17-8-6-13(11-17)10-16-14-5-4-12(2)15(18)9-14/h4-6,8-9,11,16,18H,3,7,10H2,1-2H3. The van der Waals surface area contributed by atoms with Gasteiger partial charge in [-0.1, -0.05) is 13.0 Å². The van der Waals surface area contributed by atoms with E-state index >= 15 is 0 Å². The molecule has 18 heavy (non-hydrogen) atoms. The van der Waals surface area contributed by atoms with Crippen molar-refractivity contribution in [1.82, 2.24) is 4.57 Å². The maximum Gasteiger partial charge on any atom is 0.120 e. The molecular weight excluding hydrogens is 224 g/mol. The molecule has 0 unspecified atom stereocenters. The molecule has 2 aromatic rings. The minimum atomic E-state index is 0.337. The molecule has 1 aromatic carbocycles. The monoisotopic (exact) mass is 244 g/mol. The van der Waals surface area contributed by atoms with Gasteiger partial charge in [-0.2, -0.15) is 0 Å². The van der Waals surface area contributed by atoms with E-state index in [1.54, 1.807) is 6.07 Å². The number of benzene rings is 1. The van der Waals surface area contributed by atoms with Gasteiger partial charge in [0.2, 0.25) is 0 Å². The first-order valence-electron chi connectivity index (χ1n) is 6.37. The maximum absolute atomic E-state index is 9.63. The Labute approximate surface area is 108 Å². The molecule has 0 saturated heterocycles. The van der Waals surface area contributed by atoms with Crippen molar-refractivity contribution in [2.24, 2.45) is 0 Å². The molecule has 1 aromatic heterocycles. The predicted octanol–water partition coefficient (Wildman–Crippen LogP) is 3.52. The van der Waals surface area contributed by atoms with Gasteiger partial charge in [-0.15, -0.1) is 0 Å². The molecule has 0 aliphatic heterocycles. The highest BCUT2D eigenvalue weighted by Gasteiger charge is 2.00. The van der Waals surface area contributed by atoms with Crippen molar-refractivity contribution in [3.05, 3.63) is 47.8 Å². The average Bonchev–Trinajstić information content (AvgIpc) is 2.79. The third kappa shape index (κ3) is 3.06. The maximum atomic E-state index is 9.63. The molecule has 96 valence electrons. The summed E-state index contributed by atoms with van der Waals surface area (Å²) < 4.78 is 2.20. The first-order valence-corrected chi connectivity index (χ1v) is 6.37. The number of aromatic hydroxyl groups is 1. The zero-order valence-electron chi connectivity index (χ0n) is 11.0. The van der Waals surface area contributed by atoms with Crippen LogP contribution in [-0.4, -0.2) is 9.67 Å². The fraction of sp³-hybridized carbons (Fsp3) is 0.333. The number of hydrogen-bond acceptors (Lipinski definition) is 2. The van der Waals surface area contributed by atoms with Gasteiger partial charge < -0.3 is 15.0 Å². The number of nitrogens with zero attached hydrogens (tertiary/aromatic N) is 1. The first-order chi connectivity index (χ1) is 8.69. The molecule has 0 spiro atoms. The van der Waals surface area contributed by atoms with Gasteiger partial charge in [-0.3, -0.25) is 0 Å². The zero-order valence-corrected chi connectivity index (χ0v) is 11.0. The van der Waals surface area contributed by atoms with E-state index < -0.39 is 0 Å². The summed E-state index contributed by atoms with van der Waals surface area (Å²) >= 11 is 0. The molecular formula is C15H20N2O. The van der Waals surface area contributed by atoms with E-state index in [0.717, 1.165) is 30.8 Å². The van der Waals surface area contributed by atoms with Crippen LogP contribution < -0.4 is 5.32 Å². The highest BCUT2D eigenvalue weighted by Crippen LogP contribution is 2.21. The van der Waals surface area contributed by atoms with Crippen molar-refractivity contribution in [1.29, 1.82) is 0 Å². The lowest BCUT2D eigenvalue weighted by molar-refractivity contribution is 0.471. The Balaban J connectivity index is 1.95. The largest absolute Gasteiger partial charge is 0.508 e. The third-order valence-electron chi connectivity index (χ3n) is 3.00. The van der Waals surface area contributed by atoms with E-state index in [1.807, 2.05) is 19.1 Å². The first kappa shape index (κ1) is 12.6. The lowest BCUT2D eigenvalue weighted by atomic mass is 10.2. The van der Waals surface area contributed by atoms with Gasteiger partial charge in [0.25, 0.3) is 0 Å². The van der Waals surface area contributed by atoms with Crippen LogP contribution in [0.25, 0.3) is 0 Å². The van der Waals surface area contributed by atoms with Crippen LogP contribution in [0, 0.1) is 6.92 Å². The molecule has 1 heterocycles. The van der Waals surface area contributed by atoms with Crippen molar-refractivity contribution >= 4 is 5.69 Å². The molecule has 0 saturated carbocycles. The van der Waals surface area contributed by atoms with E-state index in [4.69, 9.17) is 0 Å². The third-order valence-corrected chi connectivity index (χ3v) is 3.00. The van der Waals surface area contributed by atoms with Crippen LogP contribution in [-0.2, 0) is 13.1 Å². The SMILES string of the molecule is CCCn1ccc(CNc2ccc(C)c(O)c2)c1. The van der Waals surface area contributed by atoms with E-state index in [0.29, 0.717) is 5.75 Å². The van der Waals surface area contributed by atoms with Crippen molar-refractivity contribution in [3.8, 4) is 5.75 Å². The normalized spacial score (nSPS) is 10.6. The Kier molecular flexibility index (Phi) is 3.92. The van der Waals surface area contributed by atoms with Gasteiger partial charge in [0, 0.05) is 37.2 Å². The van der Waals surface area contributed by atoms with Crippen LogP contribution in [0.4, 0.5) is 5.69 Å². The van der Waals surface area contributed by atoms with Crippen molar-refractivity contribution in [2.75, 3.05) is 5.32 Å². The van der Waals surface area contributed by atoms with E-state index in [1.165, 1.54) is 5.56 Å². The topological polar surface area (TPSA) is 37.2 Å². The summed E-state index contributed by atoms with van der Waals surface area (Å²) in [6.07, 6.45) is 5.41. The summed E-state index contributed by atoms with van der Waals surface area (Å²) in [5, 5.41) is 12.9. The number of anilines is 1. The fourth-order valence-corrected chi connectivity index (χ4v) is 1.92. The Bertz CT molecular complexity index is 517. The van der Waals surface area contributed by atoms with Gasteiger partial charge in [0.1, 0.15) is 5.75 Å². The van der Waals surface area contributed by atoms with Crippen molar-refractivity contribution in [3.63, 3.8) is 0 Å². The zero-order chi connectivity index (χ0) is 13.0. The summed E-state index contributed by atoms with van der Waals surface area (Å²) in [6, 6.07) is 7.78. The summed E-state index contributed by atoms with van der Waals surface area (Å²) in [6.45, 7) is 5.90. The Morgan fingerprint density at radius 2 is 2.11 bits per heavy atom. The van der Waals surface area contributed by atoms with Crippen molar-refractivity contribution < 1.29 is 5.11 Å². The van der Waals surface area contributed by atoms with E-state index in [-0.39, 0.29) is 0 Å². The highest BCUT2D eigenvalue weighted by atomic mass is 16.3. The van der Waals surface area contributed by atoms with Crippen LogP contribution in [0.5, 0.6) is 5.75 Å². The lowest BCUT2D eigenvalue weighted by Gasteiger charge is -2.07. The van der Waals surface area contributed by atoms with Gasteiger partial charge in [-0.05, 0) is 36.6 Å². The predicted molar refractivity (Wildman–Crippen MR) is 74.9 cm³/mol. The molecule has 0 atom stereocenters. The highest BCUT2D eigenvalue weighted by molar-refractivity contribution is 5.51. The second kappa shape index (κ2) is 5.63. The number of rotatable bonds is 5. The summed E-state index contributed by atoms with van der Waals surface area (Å²) in [5.74, 6) is 0.337. The van der Waals surface area contributed by atoms with Crippen molar-refractivity contribution in [2.45, 2.75) is 33.4 Å². The molecule has 0 radical (unpaired) electrons. The molecule has 0 aliphatic carbocycles. The Morgan fingerprint density at radius 3 is 2.83 bits per heavy atom. The molecule has 0 amide bonds. The summed E-state index contributed by atoms with van der Waals surface area (Å²) in [4.78, 5) is 0. The molecule has 0 aliphatic rings. The van der Waals surface area contributed by atoms with Crippen LogP contribution in [0.1, 0.15) is 24.5 Å². The molecule has 3 nitrogen and oxygen atoms in total. The minimum absolute atomic E-state index is 0.337. The smallest absolute Gasteiger partial charge is 0.120 e. The number of hydrogen-bond donors (Lipinski definition) is 2. The van der Waals surface area contributed by atoms with Crippen LogP contribution in [0.2, 0.25) is 0 Å². The Hall–Kier alpha value is -1.90. The fourth-order valence-electron chi connectivity index (χ4n) is 1.92. The van der Waals surface area contributed by atoms with Gasteiger partial charge >= 0.3 is 0 Å². The van der Waals surface area contributed by atoms with Crippen LogP contribution in [0.15, 0.2) is 36.7 Å². The number of aromatic nitrogens is 1. The number of phenolic OH excluding ortho intramolecular Hbond substituents is 1. The van der Waals surface area contributed by atoms with Crippen LogP contribution >= 0.6 is 0 Å². The second-order valence-corrected chi connectivity index (χ2v) is 4.61. The molecule has 2 N–H and O–H groups in total. The summed E-state index contributed by atoms with van der Waals surface area (Å²) in [5.41, 5.74) is 3.10. The molecule has 0 fully saturated rings. The quantitative estimate of drug-likeness (QED) is 0.844. The molecule has 2 rings (SSSR count). The molecule has 3 heteroatoms. The lowest BCUT2D eigenvalue weighted by Crippen LogP contribution is -1.99. The van der Waals surface area contributed by atoms with E-state index in [9.17, 15) is 5.11 Å². The van der Waals surface area contributed by atoms with Crippen LogP contribution in [0.3, 0.4) is 0 Å². The minimum Gasteiger partial charge on any atom is -0.508 e. The van der Waals surface area contributed by atoms with Gasteiger partial charge in [0.05, 0.1) is 0 Å².